The first-order valence-corrected chi connectivity index (χ1v) is 8.87. The average Bonchev–Trinajstić information content (AvgIpc) is 2.97. The highest BCUT2D eigenvalue weighted by atomic mass is 32.2. The Balaban J connectivity index is 2.41. The Bertz CT molecular complexity index is 793. The number of hydrogen-bond donors (Lipinski definition) is 3. The predicted octanol–water partition coefficient (Wildman–Crippen LogP) is 0.287. The van der Waals surface area contributed by atoms with E-state index in [9.17, 15) is 14.0 Å². The third-order valence-electron chi connectivity index (χ3n) is 3.89. The molecule has 0 radical (unpaired) electrons. The van der Waals surface area contributed by atoms with Gasteiger partial charge in [-0.15, -0.1) is 10.2 Å². The Morgan fingerprint density at radius 2 is 1.85 bits per heavy atom. The number of nitrogens with zero attached hydrogens (tertiary/aromatic N) is 3. The molecule has 8 nitrogen and oxygen atoms in total. The molecule has 0 unspecified atom stereocenters. The summed E-state index contributed by atoms with van der Waals surface area (Å²) in [6.07, 6.45) is 0. The third-order valence-corrected chi connectivity index (χ3v) is 4.94. The number of nitrogens with one attached hydrogen (secondary N) is 2. The van der Waals surface area contributed by atoms with Crippen molar-refractivity contribution in [2.45, 2.75) is 30.3 Å². The van der Waals surface area contributed by atoms with Gasteiger partial charge in [0.15, 0.2) is 11.0 Å². The number of thioether (sulfide) groups is 1. The molecule has 140 valence electrons. The Labute approximate surface area is 154 Å². The van der Waals surface area contributed by atoms with Crippen molar-refractivity contribution in [2.75, 3.05) is 14.1 Å². The van der Waals surface area contributed by atoms with E-state index in [1.165, 1.54) is 12.1 Å². The van der Waals surface area contributed by atoms with Crippen LogP contribution in [0.2, 0.25) is 0 Å². The number of imide groups is 1. The second-order valence-corrected chi connectivity index (χ2v) is 7.37. The van der Waals surface area contributed by atoms with Crippen LogP contribution in [0.1, 0.15) is 25.7 Å². The lowest BCUT2D eigenvalue weighted by molar-refractivity contribution is -0.890. The highest BCUT2D eigenvalue weighted by Gasteiger charge is 2.26. The van der Waals surface area contributed by atoms with Crippen LogP contribution in [0.5, 0.6) is 0 Å². The monoisotopic (exact) mass is 381 g/mol. The number of carbonyl (C=O) groups is 2. The van der Waals surface area contributed by atoms with Gasteiger partial charge in [-0.05, 0) is 38.1 Å². The molecule has 0 aliphatic heterocycles. The van der Waals surface area contributed by atoms with Crippen molar-refractivity contribution in [1.29, 1.82) is 0 Å². The molecule has 1 aromatic carbocycles. The number of nitrogens with two attached hydrogens (primary N) is 1. The summed E-state index contributed by atoms with van der Waals surface area (Å²) < 4.78 is 15.1. The van der Waals surface area contributed by atoms with E-state index in [2.05, 4.69) is 10.2 Å². The molecule has 1 aromatic heterocycles. The van der Waals surface area contributed by atoms with E-state index in [-0.39, 0.29) is 11.9 Å². The Morgan fingerprint density at radius 3 is 2.38 bits per heavy atom. The molecule has 3 amide bonds. The minimum atomic E-state index is -0.909. The largest absolute Gasteiger partial charge is 0.351 e. The number of carbonyl (C=O) groups excluding carboxylic acids is 2. The van der Waals surface area contributed by atoms with Gasteiger partial charge in [-0.25, -0.2) is 9.18 Å². The minimum absolute atomic E-state index is 0.0108. The maximum Gasteiger partial charge on any atom is 0.318 e. The lowest BCUT2D eigenvalue weighted by atomic mass is 10.2. The van der Waals surface area contributed by atoms with Gasteiger partial charge in [0.1, 0.15) is 11.9 Å². The summed E-state index contributed by atoms with van der Waals surface area (Å²) in [6, 6.07) is 5.05. The van der Waals surface area contributed by atoms with Gasteiger partial charge in [0.2, 0.25) is 5.91 Å². The first kappa shape index (κ1) is 19.9. The summed E-state index contributed by atoms with van der Waals surface area (Å²) >= 11 is 1.14. The van der Waals surface area contributed by atoms with Crippen LogP contribution in [-0.4, -0.2) is 46.0 Å². The van der Waals surface area contributed by atoms with Crippen LogP contribution < -0.4 is 16.0 Å². The standard InChI is InChI=1S/C16H21FN6O2S/c1-9(22(3)4)13-20-21-16(26-10(2)14(24)19-15(18)25)23(13)12-7-5-11(17)6-8-12/h5-10H,1-4H3,(H3,18,19,24,25)/p+1/t9-,10+/m1/s1. The molecule has 1 heterocycles. The van der Waals surface area contributed by atoms with E-state index in [0.717, 1.165) is 16.7 Å². The van der Waals surface area contributed by atoms with Crippen molar-refractivity contribution in [1.82, 2.24) is 20.1 Å². The lowest BCUT2D eigenvalue weighted by Gasteiger charge is -2.18. The van der Waals surface area contributed by atoms with Crippen LogP contribution in [0.15, 0.2) is 29.4 Å². The van der Waals surface area contributed by atoms with Gasteiger partial charge >= 0.3 is 6.03 Å². The van der Waals surface area contributed by atoms with Gasteiger partial charge in [-0.3, -0.25) is 14.7 Å². The fourth-order valence-corrected chi connectivity index (χ4v) is 3.04. The fraction of sp³-hybridized carbons (Fsp3) is 0.375. The molecular weight excluding hydrogens is 359 g/mol. The number of halogens is 1. The van der Waals surface area contributed by atoms with Crippen LogP contribution >= 0.6 is 11.8 Å². The number of rotatable bonds is 6. The van der Waals surface area contributed by atoms with Crippen LogP contribution in [0.25, 0.3) is 5.69 Å². The van der Waals surface area contributed by atoms with Crippen molar-refractivity contribution < 1.29 is 18.9 Å². The maximum absolute atomic E-state index is 13.3. The fourth-order valence-electron chi connectivity index (χ4n) is 2.16. The second kappa shape index (κ2) is 8.28. The molecule has 4 N–H and O–H groups in total. The van der Waals surface area contributed by atoms with Gasteiger partial charge in [0.25, 0.3) is 0 Å². The van der Waals surface area contributed by atoms with Crippen LogP contribution in [0.4, 0.5) is 9.18 Å². The van der Waals surface area contributed by atoms with Crippen LogP contribution in [0.3, 0.4) is 0 Å². The van der Waals surface area contributed by atoms with Gasteiger partial charge in [0, 0.05) is 5.69 Å². The van der Waals surface area contributed by atoms with Crippen molar-refractivity contribution in [3.05, 3.63) is 35.9 Å². The summed E-state index contributed by atoms with van der Waals surface area (Å²) in [5.74, 6) is -0.191. The zero-order valence-electron chi connectivity index (χ0n) is 15.0. The van der Waals surface area contributed by atoms with Crippen molar-refractivity contribution in [3.63, 3.8) is 0 Å². The molecular formula is C16H22FN6O2S+. The molecule has 26 heavy (non-hydrogen) atoms. The zero-order valence-corrected chi connectivity index (χ0v) is 15.8. The van der Waals surface area contributed by atoms with E-state index in [0.29, 0.717) is 16.7 Å². The summed E-state index contributed by atoms with van der Waals surface area (Å²) in [5.41, 5.74) is 5.67. The van der Waals surface area contributed by atoms with Crippen molar-refractivity contribution >= 4 is 23.7 Å². The number of primary amides is 1. The maximum atomic E-state index is 13.3. The Morgan fingerprint density at radius 1 is 1.23 bits per heavy atom. The average molecular weight is 381 g/mol. The number of aromatic nitrogens is 3. The second-order valence-electron chi connectivity index (χ2n) is 6.07. The molecule has 0 saturated carbocycles. The zero-order chi connectivity index (χ0) is 19.4. The molecule has 0 bridgehead atoms. The minimum Gasteiger partial charge on any atom is -0.351 e. The van der Waals surface area contributed by atoms with Crippen LogP contribution in [-0.2, 0) is 4.79 Å². The summed E-state index contributed by atoms with van der Waals surface area (Å²) in [4.78, 5) is 24.0. The number of quaternary nitrogens is 1. The number of amides is 3. The van der Waals surface area contributed by atoms with E-state index in [4.69, 9.17) is 5.73 Å². The van der Waals surface area contributed by atoms with Gasteiger partial charge in [-0.1, -0.05) is 11.8 Å². The quantitative estimate of drug-likeness (QED) is 0.624. The first-order valence-electron chi connectivity index (χ1n) is 7.99. The van der Waals surface area contributed by atoms with E-state index in [1.54, 1.807) is 23.6 Å². The summed E-state index contributed by atoms with van der Waals surface area (Å²) in [7, 11) is 3.98. The Kier molecular flexibility index (Phi) is 6.32. The molecule has 0 aliphatic carbocycles. The van der Waals surface area contributed by atoms with Crippen molar-refractivity contribution in [2.24, 2.45) is 5.73 Å². The Hall–Kier alpha value is -2.46. The molecule has 0 spiro atoms. The number of benzene rings is 1. The highest BCUT2D eigenvalue weighted by Crippen LogP contribution is 2.27. The summed E-state index contributed by atoms with van der Waals surface area (Å²) in [6.45, 7) is 3.63. The molecule has 0 aliphatic rings. The van der Waals surface area contributed by atoms with Gasteiger partial charge in [-0.2, -0.15) is 0 Å². The molecule has 0 fully saturated rings. The number of urea groups is 1. The van der Waals surface area contributed by atoms with E-state index < -0.39 is 17.2 Å². The van der Waals surface area contributed by atoms with E-state index in [1.807, 2.05) is 26.3 Å². The van der Waals surface area contributed by atoms with Crippen molar-refractivity contribution in [3.8, 4) is 5.69 Å². The molecule has 2 aromatic rings. The van der Waals surface area contributed by atoms with Gasteiger partial charge in [0.05, 0.1) is 19.3 Å². The smallest absolute Gasteiger partial charge is 0.318 e. The molecule has 2 atom stereocenters. The normalized spacial score (nSPS) is 13.5. The molecule has 0 saturated heterocycles. The lowest BCUT2D eigenvalue weighted by Crippen LogP contribution is -3.05. The predicted molar refractivity (Wildman–Crippen MR) is 95.6 cm³/mol. The van der Waals surface area contributed by atoms with Crippen LogP contribution in [0, 0.1) is 5.82 Å². The highest BCUT2D eigenvalue weighted by molar-refractivity contribution is 8.00. The third kappa shape index (κ3) is 4.58. The topological polar surface area (TPSA) is 107 Å². The SMILES string of the molecule is C[C@H](Sc1nnc([C@@H](C)[NH+](C)C)n1-c1ccc(F)cc1)C(=O)NC(N)=O. The number of hydrogen-bond acceptors (Lipinski definition) is 5. The summed E-state index contributed by atoms with van der Waals surface area (Å²) in [5, 5.41) is 10.3. The van der Waals surface area contributed by atoms with E-state index >= 15 is 0 Å². The molecule has 10 heteroatoms. The molecule has 2 rings (SSSR count). The van der Waals surface area contributed by atoms with Gasteiger partial charge < -0.3 is 10.6 Å². The first-order chi connectivity index (χ1) is 12.2.